The summed E-state index contributed by atoms with van der Waals surface area (Å²) in [6.07, 6.45) is -2.60. The lowest BCUT2D eigenvalue weighted by Crippen LogP contribution is -2.33. The number of pyridine rings is 1. The molecule has 6 rings (SSSR count). The number of ether oxygens (including phenoxy) is 2. The molecule has 4 aromatic rings. The van der Waals surface area contributed by atoms with Gasteiger partial charge in [-0.25, -0.2) is 19.2 Å². The lowest BCUT2D eigenvalue weighted by Gasteiger charge is -2.29. The highest BCUT2D eigenvalue weighted by Crippen LogP contribution is 2.38. The van der Waals surface area contributed by atoms with Gasteiger partial charge in [0.25, 0.3) is 0 Å². The second-order valence-corrected chi connectivity index (χ2v) is 11.1. The summed E-state index contributed by atoms with van der Waals surface area (Å²) in [6.45, 7) is 1.78. The van der Waals surface area contributed by atoms with Gasteiger partial charge in [0.15, 0.2) is 0 Å². The Balaban J connectivity index is 1.27. The summed E-state index contributed by atoms with van der Waals surface area (Å²) in [6, 6.07) is 9.70. The molecule has 1 saturated heterocycles. The number of alkyl halides is 3. The SMILES string of the molecule is O=C(O)c1ccc2nc(CN3CCc4cc(C(F)(F)F)c(OCc5ccc(Cl)cc5F)nc4C3)n(C[C@@H]3CCCO3)c2c1. The molecular weight excluding hydrogens is 592 g/mol. The second kappa shape index (κ2) is 11.7. The average Bonchev–Trinajstić information content (AvgIpc) is 3.59. The van der Waals surface area contributed by atoms with Gasteiger partial charge in [-0.15, -0.1) is 0 Å². The van der Waals surface area contributed by atoms with Crippen molar-refractivity contribution >= 4 is 28.6 Å². The molecule has 0 spiro atoms. The number of benzene rings is 2. The van der Waals surface area contributed by atoms with Crippen molar-refractivity contribution in [1.82, 2.24) is 19.4 Å². The first-order valence-electron chi connectivity index (χ1n) is 13.8. The second-order valence-electron chi connectivity index (χ2n) is 10.7. The summed E-state index contributed by atoms with van der Waals surface area (Å²) in [5, 5.41) is 9.69. The van der Waals surface area contributed by atoms with Crippen LogP contribution in [-0.2, 0) is 43.6 Å². The van der Waals surface area contributed by atoms with Crippen molar-refractivity contribution in [2.24, 2.45) is 0 Å². The maximum atomic E-state index is 14.3. The Kier molecular flexibility index (Phi) is 8.01. The molecule has 2 aliphatic heterocycles. The van der Waals surface area contributed by atoms with E-state index in [1.807, 2.05) is 9.47 Å². The number of imidazole rings is 1. The molecule has 0 unspecified atom stereocenters. The third-order valence-corrected chi connectivity index (χ3v) is 8.00. The van der Waals surface area contributed by atoms with Gasteiger partial charge < -0.3 is 19.1 Å². The zero-order chi connectivity index (χ0) is 30.3. The van der Waals surface area contributed by atoms with E-state index < -0.39 is 36.0 Å². The molecule has 1 N–H and O–H groups in total. The first kappa shape index (κ1) is 29.3. The maximum absolute atomic E-state index is 14.3. The van der Waals surface area contributed by atoms with Gasteiger partial charge in [-0.05, 0) is 61.2 Å². The fourth-order valence-corrected chi connectivity index (χ4v) is 5.71. The van der Waals surface area contributed by atoms with E-state index >= 15 is 0 Å². The molecule has 2 aromatic heterocycles. The van der Waals surface area contributed by atoms with E-state index in [-0.39, 0.29) is 28.8 Å². The number of carbonyl (C=O) groups is 1. The standard InChI is InChI=1S/C30H27ClF4N4O4/c31-20-5-3-19(23(32)12-20)16-43-28-22(30(33,34)35)10-17-7-8-38(14-25(17)37-28)15-27-36-24-6-4-18(29(40)41)11-26(24)39(27)13-21-2-1-9-42-21/h3-6,10-12,21H,1-2,7-9,13-16H2,(H,40,41)/t21-/m0/s1. The van der Waals surface area contributed by atoms with E-state index in [0.29, 0.717) is 60.8 Å². The van der Waals surface area contributed by atoms with Gasteiger partial charge in [-0.2, -0.15) is 13.2 Å². The number of fused-ring (bicyclic) bond motifs is 2. The number of halogens is 5. The number of hydrogen-bond acceptors (Lipinski definition) is 6. The minimum Gasteiger partial charge on any atom is -0.478 e. The summed E-state index contributed by atoms with van der Waals surface area (Å²) >= 11 is 5.78. The molecule has 0 aliphatic carbocycles. The Labute approximate surface area is 248 Å². The lowest BCUT2D eigenvalue weighted by atomic mass is 10.0. The van der Waals surface area contributed by atoms with Crippen LogP contribution in [0.25, 0.3) is 11.0 Å². The number of carboxylic acid groups (broad SMARTS) is 1. The zero-order valence-electron chi connectivity index (χ0n) is 22.8. The van der Waals surface area contributed by atoms with Crippen LogP contribution < -0.4 is 4.74 Å². The molecule has 13 heteroatoms. The van der Waals surface area contributed by atoms with Crippen LogP contribution in [0.15, 0.2) is 42.5 Å². The highest BCUT2D eigenvalue weighted by Gasteiger charge is 2.37. The summed E-state index contributed by atoms with van der Waals surface area (Å²) in [4.78, 5) is 22.7. The van der Waals surface area contributed by atoms with E-state index in [1.165, 1.54) is 18.2 Å². The molecule has 1 atom stereocenters. The van der Waals surface area contributed by atoms with Gasteiger partial charge in [0.2, 0.25) is 5.88 Å². The summed E-state index contributed by atoms with van der Waals surface area (Å²) in [7, 11) is 0. The first-order chi connectivity index (χ1) is 20.5. The minimum absolute atomic E-state index is 0.0284. The molecule has 1 fully saturated rings. The van der Waals surface area contributed by atoms with Crippen molar-refractivity contribution in [3.8, 4) is 5.88 Å². The van der Waals surface area contributed by atoms with E-state index in [4.69, 9.17) is 26.1 Å². The molecule has 2 aromatic carbocycles. The summed E-state index contributed by atoms with van der Waals surface area (Å²) in [5.41, 5.74) is 1.41. The number of rotatable bonds is 8. The van der Waals surface area contributed by atoms with Gasteiger partial charge in [0, 0.05) is 30.3 Å². The normalized spacial score (nSPS) is 17.4. The molecule has 226 valence electrons. The molecule has 4 heterocycles. The Bertz CT molecular complexity index is 1690. The molecule has 43 heavy (non-hydrogen) atoms. The molecular formula is C30H27ClF4N4O4. The van der Waals surface area contributed by atoms with Crippen LogP contribution in [0.5, 0.6) is 5.88 Å². The van der Waals surface area contributed by atoms with Crippen molar-refractivity contribution in [3.05, 3.63) is 87.1 Å². The highest BCUT2D eigenvalue weighted by atomic mass is 35.5. The van der Waals surface area contributed by atoms with Crippen LogP contribution in [0.1, 0.15) is 51.4 Å². The van der Waals surface area contributed by atoms with Gasteiger partial charge in [0.1, 0.15) is 23.8 Å². The van der Waals surface area contributed by atoms with Gasteiger partial charge in [-0.3, -0.25) is 4.90 Å². The molecule has 8 nitrogen and oxygen atoms in total. The van der Waals surface area contributed by atoms with E-state index in [2.05, 4.69) is 4.98 Å². The number of hydrogen-bond donors (Lipinski definition) is 1. The van der Waals surface area contributed by atoms with Crippen molar-refractivity contribution in [2.75, 3.05) is 13.2 Å². The third-order valence-electron chi connectivity index (χ3n) is 7.76. The summed E-state index contributed by atoms with van der Waals surface area (Å²) < 4.78 is 69.4. The van der Waals surface area contributed by atoms with Crippen LogP contribution in [0, 0.1) is 5.82 Å². The van der Waals surface area contributed by atoms with E-state index in [0.717, 1.165) is 25.0 Å². The number of aromatic nitrogens is 3. The number of carboxylic acids is 1. The lowest BCUT2D eigenvalue weighted by molar-refractivity contribution is -0.139. The molecule has 0 bridgehead atoms. The third kappa shape index (κ3) is 6.31. The minimum atomic E-state index is -4.71. The molecule has 0 saturated carbocycles. The fourth-order valence-electron chi connectivity index (χ4n) is 5.55. The van der Waals surface area contributed by atoms with Gasteiger partial charge >= 0.3 is 12.1 Å². The Morgan fingerprint density at radius 1 is 1.16 bits per heavy atom. The Morgan fingerprint density at radius 2 is 2.00 bits per heavy atom. The van der Waals surface area contributed by atoms with Crippen LogP contribution >= 0.6 is 11.6 Å². The van der Waals surface area contributed by atoms with Crippen molar-refractivity contribution in [3.63, 3.8) is 0 Å². The first-order valence-corrected chi connectivity index (χ1v) is 14.2. The molecule has 0 radical (unpaired) electrons. The van der Waals surface area contributed by atoms with Crippen molar-refractivity contribution < 1.29 is 36.9 Å². The number of aromatic carboxylic acids is 1. The highest BCUT2D eigenvalue weighted by molar-refractivity contribution is 6.30. The summed E-state index contributed by atoms with van der Waals surface area (Å²) in [5.74, 6) is -1.65. The van der Waals surface area contributed by atoms with Crippen molar-refractivity contribution in [1.29, 1.82) is 0 Å². The molecule has 2 aliphatic rings. The number of nitrogens with zero attached hydrogens (tertiary/aromatic N) is 4. The predicted molar refractivity (Wildman–Crippen MR) is 148 cm³/mol. The topological polar surface area (TPSA) is 89.7 Å². The van der Waals surface area contributed by atoms with Gasteiger partial charge in [-0.1, -0.05) is 17.7 Å². The van der Waals surface area contributed by atoms with E-state index in [1.54, 1.807) is 12.1 Å². The van der Waals surface area contributed by atoms with Crippen molar-refractivity contribution in [2.45, 2.75) is 57.8 Å². The largest absolute Gasteiger partial charge is 0.478 e. The van der Waals surface area contributed by atoms with Crippen LogP contribution in [0.3, 0.4) is 0 Å². The van der Waals surface area contributed by atoms with E-state index in [9.17, 15) is 27.5 Å². The molecule has 0 amide bonds. The predicted octanol–water partition coefficient (Wildman–Crippen LogP) is 6.26. The fraction of sp³-hybridized carbons (Fsp3) is 0.367. The van der Waals surface area contributed by atoms with Crippen LogP contribution in [0.4, 0.5) is 17.6 Å². The zero-order valence-corrected chi connectivity index (χ0v) is 23.6. The quantitative estimate of drug-likeness (QED) is 0.233. The Hall–Kier alpha value is -3.74. The smallest absolute Gasteiger partial charge is 0.421 e. The Morgan fingerprint density at radius 3 is 2.72 bits per heavy atom. The van der Waals surface area contributed by atoms with Crippen LogP contribution in [0.2, 0.25) is 5.02 Å². The monoisotopic (exact) mass is 618 g/mol. The van der Waals surface area contributed by atoms with Gasteiger partial charge in [0.05, 0.1) is 41.5 Å². The average molecular weight is 619 g/mol. The maximum Gasteiger partial charge on any atom is 0.421 e. The van der Waals surface area contributed by atoms with Crippen LogP contribution in [-0.4, -0.2) is 49.8 Å².